The van der Waals surface area contributed by atoms with Crippen LogP contribution in [0, 0.1) is 0 Å². The monoisotopic (exact) mass is 403 g/mol. The molecule has 4 aromatic rings. The molecule has 29 heavy (non-hydrogen) atoms. The van der Waals surface area contributed by atoms with Gasteiger partial charge in [-0.3, -0.25) is 4.79 Å². The molecule has 0 saturated carbocycles. The molecule has 0 N–H and O–H groups in total. The van der Waals surface area contributed by atoms with Gasteiger partial charge in [-0.05, 0) is 50.2 Å². The fraction of sp³-hybridized carbons (Fsp3) is 0.136. The molecule has 7 heteroatoms. The minimum Gasteiger partial charge on any atom is -0.472 e. The van der Waals surface area contributed by atoms with Crippen molar-refractivity contribution in [1.82, 2.24) is 10.1 Å². The average Bonchev–Trinajstić information content (AvgIpc) is 3.39. The Hall–Kier alpha value is -3.32. The van der Waals surface area contributed by atoms with Crippen molar-refractivity contribution < 1.29 is 13.7 Å². The number of nitrogens with zero attached hydrogens (tertiary/aromatic N) is 3. The number of benzene rings is 2. The quantitative estimate of drug-likeness (QED) is 0.449. The molecule has 5 rings (SSSR count). The zero-order valence-electron chi connectivity index (χ0n) is 15.8. The lowest BCUT2D eigenvalue weighted by Gasteiger charge is -2.27. The lowest BCUT2D eigenvalue weighted by atomic mass is 10.1. The number of rotatable bonds is 3. The summed E-state index contributed by atoms with van der Waals surface area (Å²) in [6.07, 6.45) is 3.13. The summed E-state index contributed by atoms with van der Waals surface area (Å²) in [6, 6.07) is 15.4. The number of aromatic nitrogens is 2. The van der Waals surface area contributed by atoms with Crippen LogP contribution in [0.4, 0.5) is 5.69 Å². The van der Waals surface area contributed by atoms with E-state index in [1.807, 2.05) is 61.2 Å². The van der Waals surface area contributed by atoms with Gasteiger partial charge in [-0.15, -0.1) is 0 Å². The normalized spacial score (nSPS) is 13.3. The third-order valence-electron chi connectivity index (χ3n) is 4.74. The third kappa shape index (κ3) is 3.03. The maximum absolute atomic E-state index is 13.2. The van der Waals surface area contributed by atoms with E-state index in [4.69, 9.17) is 8.94 Å². The molecule has 6 nitrogen and oxygen atoms in total. The smallest absolute Gasteiger partial charge is 0.261 e. The Kier molecular flexibility index (Phi) is 4.24. The maximum Gasteiger partial charge on any atom is 0.261 e. The van der Waals surface area contributed by atoms with Crippen molar-refractivity contribution in [1.29, 1.82) is 0 Å². The second kappa shape index (κ2) is 6.93. The SMILES string of the molecule is CC(C)N1C(=O)c2ccccc2Sc2cc(-c3noc(-c4ccoc4)n3)ccc21. The minimum absolute atomic E-state index is 0.0106. The molecular weight excluding hydrogens is 386 g/mol. The Bertz CT molecular complexity index is 1200. The van der Waals surface area contributed by atoms with Crippen LogP contribution in [-0.4, -0.2) is 22.1 Å². The van der Waals surface area contributed by atoms with Crippen LogP contribution in [0.25, 0.3) is 22.8 Å². The van der Waals surface area contributed by atoms with Crippen LogP contribution in [0.15, 0.2) is 79.8 Å². The summed E-state index contributed by atoms with van der Waals surface area (Å²) in [5.41, 5.74) is 3.16. The molecule has 1 amide bonds. The van der Waals surface area contributed by atoms with Gasteiger partial charge >= 0.3 is 0 Å². The minimum atomic E-state index is 0.0106. The van der Waals surface area contributed by atoms with E-state index < -0.39 is 0 Å². The highest BCUT2D eigenvalue weighted by molar-refractivity contribution is 7.99. The van der Waals surface area contributed by atoms with Gasteiger partial charge in [-0.25, -0.2) is 0 Å². The van der Waals surface area contributed by atoms with E-state index in [0.29, 0.717) is 17.3 Å². The lowest BCUT2D eigenvalue weighted by Crippen LogP contribution is -2.36. The number of furan rings is 1. The number of hydrogen-bond donors (Lipinski definition) is 0. The highest BCUT2D eigenvalue weighted by Gasteiger charge is 2.29. The van der Waals surface area contributed by atoms with Gasteiger partial charge in [0.2, 0.25) is 5.82 Å². The first kappa shape index (κ1) is 17.8. The summed E-state index contributed by atoms with van der Waals surface area (Å²) in [6.45, 7) is 4.04. The molecule has 0 fully saturated rings. The van der Waals surface area contributed by atoms with E-state index in [2.05, 4.69) is 10.1 Å². The van der Waals surface area contributed by atoms with Crippen molar-refractivity contribution in [2.75, 3.05) is 4.90 Å². The van der Waals surface area contributed by atoms with E-state index in [-0.39, 0.29) is 11.9 Å². The van der Waals surface area contributed by atoms with Gasteiger partial charge in [-0.2, -0.15) is 4.98 Å². The van der Waals surface area contributed by atoms with Crippen molar-refractivity contribution in [2.24, 2.45) is 0 Å². The van der Waals surface area contributed by atoms with Crippen molar-refractivity contribution >= 4 is 23.4 Å². The number of hydrogen-bond acceptors (Lipinski definition) is 6. The number of fused-ring (bicyclic) bond motifs is 2. The first-order chi connectivity index (χ1) is 14.1. The van der Waals surface area contributed by atoms with Gasteiger partial charge in [0.05, 0.1) is 23.1 Å². The first-order valence-corrected chi connectivity index (χ1v) is 10.0. The Morgan fingerprint density at radius 1 is 1.03 bits per heavy atom. The van der Waals surface area contributed by atoms with Crippen LogP contribution in [-0.2, 0) is 0 Å². The van der Waals surface area contributed by atoms with Gasteiger partial charge in [0, 0.05) is 21.4 Å². The van der Waals surface area contributed by atoms with Crippen LogP contribution < -0.4 is 4.90 Å². The Balaban J connectivity index is 1.61. The first-order valence-electron chi connectivity index (χ1n) is 9.23. The number of carbonyl (C=O) groups excluding carboxylic acids is 1. The molecule has 0 atom stereocenters. The molecule has 1 aliphatic rings. The molecule has 2 aromatic carbocycles. The molecule has 1 aliphatic heterocycles. The van der Waals surface area contributed by atoms with Crippen molar-refractivity contribution in [3.05, 3.63) is 66.6 Å². The van der Waals surface area contributed by atoms with Gasteiger partial charge in [-0.1, -0.05) is 29.1 Å². The molecule has 0 bridgehead atoms. The van der Waals surface area contributed by atoms with Crippen LogP contribution in [0.3, 0.4) is 0 Å². The van der Waals surface area contributed by atoms with Gasteiger partial charge in [0.15, 0.2) is 0 Å². The lowest BCUT2D eigenvalue weighted by molar-refractivity contribution is 0.0977. The Morgan fingerprint density at radius 3 is 2.69 bits per heavy atom. The summed E-state index contributed by atoms with van der Waals surface area (Å²) in [5, 5.41) is 4.11. The summed E-state index contributed by atoms with van der Waals surface area (Å²) in [7, 11) is 0. The summed E-state index contributed by atoms with van der Waals surface area (Å²) < 4.78 is 10.5. The van der Waals surface area contributed by atoms with Gasteiger partial charge in [0.1, 0.15) is 6.26 Å². The summed E-state index contributed by atoms with van der Waals surface area (Å²) in [5.74, 6) is 0.904. The van der Waals surface area contributed by atoms with Crippen LogP contribution in [0.5, 0.6) is 0 Å². The molecule has 2 aromatic heterocycles. The van der Waals surface area contributed by atoms with E-state index >= 15 is 0 Å². The van der Waals surface area contributed by atoms with Crippen LogP contribution in [0.1, 0.15) is 24.2 Å². The van der Waals surface area contributed by atoms with Crippen LogP contribution >= 0.6 is 11.8 Å². The topological polar surface area (TPSA) is 72.4 Å². The molecule has 0 spiro atoms. The number of anilines is 1. The van der Waals surface area contributed by atoms with E-state index in [1.165, 1.54) is 0 Å². The van der Waals surface area contributed by atoms with Gasteiger partial charge in [0.25, 0.3) is 11.8 Å². The Labute approximate surface area is 171 Å². The van der Waals surface area contributed by atoms with Gasteiger partial charge < -0.3 is 13.8 Å². The summed E-state index contributed by atoms with van der Waals surface area (Å²) >= 11 is 1.58. The highest BCUT2D eigenvalue weighted by Crippen LogP contribution is 2.43. The zero-order chi connectivity index (χ0) is 20.0. The average molecular weight is 403 g/mol. The highest BCUT2D eigenvalue weighted by atomic mass is 32.2. The molecule has 0 radical (unpaired) electrons. The molecule has 0 saturated heterocycles. The second-order valence-electron chi connectivity index (χ2n) is 6.98. The van der Waals surface area contributed by atoms with Crippen molar-refractivity contribution in [2.45, 2.75) is 29.7 Å². The van der Waals surface area contributed by atoms with E-state index in [9.17, 15) is 4.79 Å². The van der Waals surface area contributed by atoms with Crippen molar-refractivity contribution in [3.8, 4) is 22.8 Å². The standard InChI is InChI=1S/C22H17N3O3S/c1-13(2)25-17-8-7-14(20-23-21(28-24-20)15-9-10-27-12-15)11-19(17)29-18-6-4-3-5-16(18)22(25)26/h3-13H,1-2H3. The molecule has 3 heterocycles. The molecular formula is C22H17N3O3S. The van der Waals surface area contributed by atoms with E-state index in [0.717, 1.165) is 26.6 Å². The van der Waals surface area contributed by atoms with Crippen molar-refractivity contribution in [3.63, 3.8) is 0 Å². The maximum atomic E-state index is 13.2. The fourth-order valence-corrected chi connectivity index (χ4v) is 4.49. The predicted molar refractivity (Wildman–Crippen MR) is 110 cm³/mol. The van der Waals surface area contributed by atoms with Crippen LogP contribution in [0.2, 0.25) is 0 Å². The molecule has 0 aliphatic carbocycles. The number of carbonyl (C=O) groups is 1. The Morgan fingerprint density at radius 2 is 1.90 bits per heavy atom. The summed E-state index contributed by atoms with van der Waals surface area (Å²) in [4.78, 5) is 21.4. The third-order valence-corrected chi connectivity index (χ3v) is 5.87. The second-order valence-corrected chi connectivity index (χ2v) is 8.07. The number of amides is 1. The largest absolute Gasteiger partial charge is 0.472 e. The fourth-order valence-electron chi connectivity index (χ4n) is 3.38. The zero-order valence-corrected chi connectivity index (χ0v) is 16.6. The predicted octanol–water partition coefficient (Wildman–Crippen LogP) is 5.52. The van der Waals surface area contributed by atoms with E-state index in [1.54, 1.807) is 30.4 Å². The molecule has 0 unspecified atom stereocenters. The molecule has 144 valence electrons.